The zero-order valence-corrected chi connectivity index (χ0v) is 17.7. The van der Waals surface area contributed by atoms with Crippen molar-refractivity contribution >= 4 is 15.9 Å². The molecule has 1 unspecified atom stereocenters. The number of hydrogen-bond donors (Lipinski definition) is 2. The predicted molar refractivity (Wildman–Crippen MR) is 119 cm³/mol. The number of nitrogens with one attached hydrogen (secondary N) is 2. The van der Waals surface area contributed by atoms with Gasteiger partial charge in [-0.15, -0.1) is 0 Å². The summed E-state index contributed by atoms with van der Waals surface area (Å²) in [5.41, 5.74) is 2.58. The molecule has 0 heterocycles. The molecule has 156 valence electrons. The van der Waals surface area contributed by atoms with E-state index in [1.165, 1.54) is 36.9 Å². The lowest BCUT2D eigenvalue weighted by molar-refractivity contribution is 0.0963. The first-order chi connectivity index (χ1) is 14.5. The molecule has 3 rings (SSSR count). The van der Waals surface area contributed by atoms with E-state index >= 15 is 0 Å². The highest BCUT2D eigenvalue weighted by Gasteiger charge is 2.21. The maximum atomic E-state index is 13.0. The summed E-state index contributed by atoms with van der Waals surface area (Å²) in [4.78, 5) is 11.8. The Hall–Kier alpha value is -2.96. The molecule has 0 aromatic heterocycles. The summed E-state index contributed by atoms with van der Waals surface area (Å²) in [6.07, 6.45) is 2.41. The molecule has 0 spiro atoms. The van der Waals surface area contributed by atoms with Gasteiger partial charge >= 0.3 is 0 Å². The van der Waals surface area contributed by atoms with Crippen molar-refractivity contribution in [2.45, 2.75) is 30.2 Å². The maximum absolute atomic E-state index is 13.0. The number of benzene rings is 3. The second-order valence-corrected chi connectivity index (χ2v) is 8.78. The quantitative estimate of drug-likeness (QED) is 0.545. The largest absolute Gasteiger partial charge is 0.355 e. The molecule has 3 aromatic rings. The van der Waals surface area contributed by atoms with Gasteiger partial charge in [-0.2, -0.15) is 0 Å². The summed E-state index contributed by atoms with van der Waals surface area (Å²) in [5, 5.41) is 2.53. The molecule has 5 nitrogen and oxygen atoms in total. The number of sulfonamides is 1. The molecule has 0 fully saturated rings. The van der Waals surface area contributed by atoms with Crippen molar-refractivity contribution in [1.82, 2.24) is 10.0 Å². The third-order valence-electron chi connectivity index (χ3n) is 4.95. The second kappa shape index (κ2) is 10.2. The third-order valence-corrected chi connectivity index (χ3v) is 6.44. The van der Waals surface area contributed by atoms with Crippen LogP contribution in [0.2, 0.25) is 0 Å². The standard InChI is InChI=1S/C24H26N2O3S/c1-25-24(27)21-15-17-22(18-16-21)30(28,29)26-23(20-12-6-3-7-13-20)14-8-11-19-9-4-2-5-10-19/h2-7,9-10,12-13,15-18,23,26H,8,11,14H2,1H3,(H,25,27). The van der Waals surface area contributed by atoms with Crippen molar-refractivity contribution < 1.29 is 13.2 Å². The minimum atomic E-state index is -3.73. The fourth-order valence-electron chi connectivity index (χ4n) is 3.32. The SMILES string of the molecule is CNC(=O)c1ccc(S(=O)(=O)NC(CCCc2ccccc2)c2ccccc2)cc1. The first kappa shape index (κ1) is 21.7. The topological polar surface area (TPSA) is 75.3 Å². The molecular weight excluding hydrogens is 396 g/mol. The van der Waals surface area contributed by atoms with Crippen LogP contribution in [-0.2, 0) is 16.4 Å². The summed E-state index contributed by atoms with van der Waals surface area (Å²) in [7, 11) is -2.20. The van der Waals surface area contributed by atoms with E-state index in [0.29, 0.717) is 12.0 Å². The zero-order valence-electron chi connectivity index (χ0n) is 16.9. The van der Waals surface area contributed by atoms with E-state index in [-0.39, 0.29) is 16.8 Å². The molecule has 0 bridgehead atoms. The van der Waals surface area contributed by atoms with Gasteiger partial charge in [0, 0.05) is 18.7 Å². The lowest BCUT2D eigenvalue weighted by Crippen LogP contribution is -2.29. The van der Waals surface area contributed by atoms with Gasteiger partial charge < -0.3 is 5.32 Å². The van der Waals surface area contributed by atoms with Crippen LogP contribution in [-0.4, -0.2) is 21.4 Å². The number of carbonyl (C=O) groups excluding carboxylic acids is 1. The Kier molecular flexibility index (Phi) is 7.38. The lowest BCUT2D eigenvalue weighted by atomic mass is 10.00. The molecule has 6 heteroatoms. The Morgan fingerprint density at radius 3 is 2.07 bits per heavy atom. The van der Waals surface area contributed by atoms with Gasteiger partial charge in [-0.1, -0.05) is 60.7 Å². The first-order valence-corrected chi connectivity index (χ1v) is 11.4. The second-order valence-electron chi connectivity index (χ2n) is 7.07. The van der Waals surface area contributed by atoms with Gasteiger partial charge in [0.15, 0.2) is 0 Å². The Balaban J connectivity index is 1.75. The van der Waals surface area contributed by atoms with Crippen molar-refractivity contribution in [1.29, 1.82) is 0 Å². The zero-order chi connectivity index (χ0) is 21.4. The number of hydrogen-bond acceptors (Lipinski definition) is 3. The first-order valence-electron chi connectivity index (χ1n) is 9.93. The van der Waals surface area contributed by atoms with Crippen molar-refractivity contribution in [2.24, 2.45) is 0 Å². The van der Waals surface area contributed by atoms with E-state index in [2.05, 4.69) is 22.2 Å². The molecule has 0 aliphatic heterocycles. The van der Waals surface area contributed by atoms with Gasteiger partial charge in [0.25, 0.3) is 5.91 Å². The molecular formula is C24H26N2O3S. The summed E-state index contributed by atoms with van der Waals surface area (Å²) in [5.74, 6) is -0.255. The number of rotatable bonds is 9. The molecule has 1 amide bonds. The summed E-state index contributed by atoms with van der Waals surface area (Å²) >= 11 is 0. The highest BCUT2D eigenvalue weighted by Crippen LogP contribution is 2.23. The molecule has 0 saturated heterocycles. The molecule has 3 aromatic carbocycles. The highest BCUT2D eigenvalue weighted by molar-refractivity contribution is 7.89. The van der Waals surface area contributed by atoms with Crippen LogP contribution in [0.25, 0.3) is 0 Å². The van der Waals surface area contributed by atoms with E-state index in [9.17, 15) is 13.2 Å². The van der Waals surface area contributed by atoms with E-state index in [0.717, 1.165) is 18.4 Å². The number of carbonyl (C=O) groups is 1. The van der Waals surface area contributed by atoms with Crippen LogP contribution >= 0.6 is 0 Å². The number of aryl methyl sites for hydroxylation is 1. The predicted octanol–water partition coefficient (Wildman–Crippen LogP) is 4.09. The van der Waals surface area contributed by atoms with Gasteiger partial charge in [0.1, 0.15) is 0 Å². The Labute approximate surface area is 178 Å². The smallest absolute Gasteiger partial charge is 0.251 e. The van der Waals surface area contributed by atoms with Crippen LogP contribution < -0.4 is 10.0 Å². The molecule has 0 saturated carbocycles. The highest BCUT2D eigenvalue weighted by atomic mass is 32.2. The van der Waals surface area contributed by atoms with Gasteiger partial charge in [0.05, 0.1) is 4.90 Å². The van der Waals surface area contributed by atoms with Crippen LogP contribution in [0.5, 0.6) is 0 Å². The summed E-state index contributed by atoms with van der Waals surface area (Å²) in [6.45, 7) is 0. The van der Waals surface area contributed by atoms with Gasteiger partial charge in [0.2, 0.25) is 10.0 Å². The van der Waals surface area contributed by atoms with E-state index < -0.39 is 10.0 Å². The molecule has 0 radical (unpaired) electrons. The van der Waals surface area contributed by atoms with Crippen LogP contribution in [0.15, 0.2) is 89.8 Å². The van der Waals surface area contributed by atoms with Gasteiger partial charge in [-0.3, -0.25) is 4.79 Å². The van der Waals surface area contributed by atoms with Crippen molar-refractivity contribution in [3.05, 3.63) is 102 Å². The van der Waals surface area contributed by atoms with Gasteiger partial charge in [-0.25, -0.2) is 13.1 Å². The van der Waals surface area contributed by atoms with E-state index in [4.69, 9.17) is 0 Å². The fourth-order valence-corrected chi connectivity index (χ4v) is 4.58. The molecule has 0 aliphatic carbocycles. The van der Waals surface area contributed by atoms with E-state index in [1.54, 1.807) is 0 Å². The minimum Gasteiger partial charge on any atom is -0.355 e. The third kappa shape index (κ3) is 5.78. The van der Waals surface area contributed by atoms with Crippen molar-refractivity contribution in [3.8, 4) is 0 Å². The lowest BCUT2D eigenvalue weighted by Gasteiger charge is -2.19. The Morgan fingerprint density at radius 1 is 0.867 bits per heavy atom. The average molecular weight is 423 g/mol. The van der Waals surface area contributed by atoms with Crippen molar-refractivity contribution in [2.75, 3.05) is 7.05 Å². The molecule has 1 atom stereocenters. The summed E-state index contributed by atoms with van der Waals surface area (Å²) in [6, 6.07) is 25.4. The molecule has 2 N–H and O–H groups in total. The normalized spacial score (nSPS) is 12.3. The summed E-state index contributed by atoms with van der Waals surface area (Å²) < 4.78 is 28.8. The average Bonchev–Trinajstić information content (AvgIpc) is 2.79. The monoisotopic (exact) mass is 422 g/mol. The number of amides is 1. The maximum Gasteiger partial charge on any atom is 0.251 e. The van der Waals surface area contributed by atoms with E-state index in [1.807, 2.05) is 48.5 Å². The fraction of sp³-hybridized carbons (Fsp3) is 0.208. The molecule has 30 heavy (non-hydrogen) atoms. The van der Waals surface area contributed by atoms with Crippen LogP contribution in [0.4, 0.5) is 0 Å². The molecule has 0 aliphatic rings. The van der Waals surface area contributed by atoms with Crippen LogP contribution in [0, 0.1) is 0 Å². The van der Waals surface area contributed by atoms with Crippen LogP contribution in [0.1, 0.15) is 40.4 Å². The Bertz CT molecular complexity index is 1050. The minimum absolute atomic E-state index is 0.138. The Morgan fingerprint density at radius 2 is 1.47 bits per heavy atom. The van der Waals surface area contributed by atoms with Gasteiger partial charge in [-0.05, 0) is 54.7 Å². The van der Waals surface area contributed by atoms with Crippen LogP contribution in [0.3, 0.4) is 0 Å². The van der Waals surface area contributed by atoms with Crippen molar-refractivity contribution in [3.63, 3.8) is 0 Å².